The second-order valence-electron chi connectivity index (χ2n) is 4.63. The van der Waals surface area contributed by atoms with Gasteiger partial charge in [-0.2, -0.15) is 5.10 Å². The molecule has 1 aromatic heterocycles. The van der Waals surface area contributed by atoms with E-state index in [4.69, 9.17) is 0 Å². The van der Waals surface area contributed by atoms with Crippen molar-refractivity contribution in [1.29, 1.82) is 0 Å². The van der Waals surface area contributed by atoms with E-state index in [0.717, 1.165) is 5.69 Å². The second kappa shape index (κ2) is 5.46. The van der Waals surface area contributed by atoms with Crippen molar-refractivity contribution in [1.82, 2.24) is 9.78 Å². The van der Waals surface area contributed by atoms with Gasteiger partial charge in [0.05, 0.1) is 17.9 Å². The normalized spacial score (nSPS) is 20.3. The van der Waals surface area contributed by atoms with Gasteiger partial charge in [-0.3, -0.25) is 9.67 Å². The first kappa shape index (κ1) is 13.6. The van der Waals surface area contributed by atoms with Crippen LogP contribution >= 0.6 is 0 Å². The highest BCUT2D eigenvalue weighted by Crippen LogP contribution is 2.38. The van der Waals surface area contributed by atoms with Gasteiger partial charge in [-0.1, -0.05) is 0 Å². The lowest BCUT2D eigenvalue weighted by atomic mass is 9.92. The van der Waals surface area contributed by atoms with Crippen LogP contribution in [0, 0.1) is 0 Å². The molecule has 0 aromatic carbocycles. The fraction of sp³-hybridized carbons (Fsp3) is 0.583. The van der Waals surface area contributed by atoms with Crippen molar-refractivity contribution in [2.75, 3.05) is 12.4 Å². The predicted molar refractivity (Wildman–Crippen MR) is 71.2 cm³/mol. The molecule has 0 bridgehead atoms. The molecule has 0 radical (unpaired) electrons. The van der Waals surface area contributed by atoms with Gasteiger partial charge in [0.2, 0.25) is 11.9 Å². The van der Waals surface area contributed by atoms with Gasteiger partial charge in [-0.05, 0) is 19.6 Å². The largest absolute Gasteiger partial charge is 0.322 e. The summed E-state index contributed by atoms with van der Waals surface area (Å²) in [4.78, 5) is 7.58. The minimum atomic E-state index is -2.51. The molecule has 2 rings (SSSR count). The minimum Gasteiger partial charge on any atom is -0.322 e. The van der Waals surface area contributed by atoms with Gasteiger partial charge in [-0.15, -0.1) is 0 Å². The van der Waals surface area contributed by atoms with E-state index in [9.17, 15) is 8.78 Å². The van der Waals surface area contributed by atoms with Gasteiger partial charge in [0.25, 0.3) is 0 Å². The maximum absolute atomic E-state index is 13.1. The summed E-state index contributed by atoms with van der Waals surface area (Å²) in [6.07, 6.45) is 4.16. The number of hydrogen-bond acceptors (Lipinski definition) is 2. The summed E-state index contributed by atoms with van der Waals surface area (Å²) in [6.45, 7) is 3.39. The first-order chi connectivity index (χ1) is 9.04. The molecule has 0 atom stereocenters. The molecule has 1 aliphatic carbocycles. The van der Waals surface area contributed by atoms with E-state index in [0.29, 0.717) is 18.8 Å². The van der Waals surface area contributed by atoms with Crippen LogP contribution in [0.4, 0.5) is 14.5 Å². The number of alkyl halides is 2. The van der Waals surface area contributed by atoms with Gasteiger partial charge in [0.15, 0.2) is 0 Å². The monoisotopic (exact) mass is 269 g/mol. The molecule has 0 unspecified atom stereocenters. The number of guanidine groups is 1. The zero-order valence-corrected chi connectivity index (χ0v) is 10.8. The molecule has 5 nitrogen and oxygen atoms in total. The Hall–Kier alpha value is -1.79. The Kier molecular flexibility index (Phi) is 3.92. The number of aromatic nitrogens is 2. The SMILES string of the molecule is C=N/C(=N\C)Nc1cnn(C2CCC(F)(F)CC2)c1. The Bertz CT molecular complexity index is 470. The predicted octanol–water partition coefficient (Wildman–Crippen LogP) is 2.73. The van der Waals surface area contributed by atoms with Crippen molar-refractivity contribution < 1.29 is 8.78 Å². The van der Waals surface area contributed by atoms with Crippen LogP contribution in [0.1, 0.15) is 31.7 Å². The van der Waals surface area contributed by atoms with Crippen molar-refractivity contribution in [3.8, 4) is 0 Å². The van der Waals surface area contributed by atoms with Crippen molar-refractivity contribution in [2.24, 2.45) is 9.98 Å². The summed E-state index contributed by atoms with van der Waals surface area (Å²) in [6, 6.07) is 0.0360. The average Bonchev–Trinajstić information content (AvgIpc) is 2.84. The lowest BCUT2D eigenvalue weighted by molar-refractivity contribution is -0.0449. The van der Waals surface area contributed by atoms with Crippen LogP contribution in [0.2, 0.25) is 0 Å². The van der Waals surface area contributed by atoms with Gasteiger partial charge >= 0.3 is 0 Å². The summed E-state index contributed by atoms with van der Waals surface area (Å²) in [7, 11) is 1.60. The standard InChI is InChI=1S/C12H17F2N5/c1-15-11(16-2)18-9-7-17-19(8-9)10-3-5-12(13,14)6-4-10/h7-8,10H,1,3-6H2,2H3,(H,16,18). The number of halogens is 2. The Labute approximate surface area is 110 Å². The molecule has 104 valence electrons. The smallest absolute Gasteiger partial charge is 0.248 e. The number of nitrogens with one attached hydrogen (secondary N) is 1. The zero-order valence-electron chi connectivity index (χ0n) is 10.8. The molecule has 0 aliphatic heterocycles. The molecular weight excluding hydrogens is 252 g/mol. The van der Waals surface area contributed by atoms with E-state index in [1.54, 1.807) is 24.1 Å². The fourth-order valence-electron chi connectivity index (χ4n) is 2.19. The number of hydrogen-bond donors (Lipinski definition) is 1. The minimum absolute atomic E-state index is 0.0360. The van der Waals surface area contributed by atoms with E-state index in [-0.39, 0.29) is 18.9 Å². The number of rotatable bonds is 2. The lowest BCUT2D eigenvalue weighted by Gasteiger charge is -2.28. The van der Waals surface area contributed by atoms with Gasteiger partial charge in [0, 0.05) is 26.1 Å². The molecule has 1 N–H and O–H groups in total. The number of nitrogens with zero attached hydrogens (tertiary/aromatic N) is 4. The zero-order chi connectivity index (χ0) is 13.9. The van der Waals surface area contributed by atoms with Crippen LogP contribution < -0.4 is 5.32 Å². The van der Waals surface area contributed by atoms with Crippen LogP contribution in [0.5, 0.6) is 0 Å². The molecule has 1 heterocycles. The third kappa shape index (κ3) is 3.36. The Balaban J connectivity index is 2.00. The summed E-state index contributed by atoms with van der Waals surface area (Å²) >= 11 is 0. The highest BCUT2D eigenvalue weighted by atomic mass is 19.3. The quantitative estimate of drug-likeness (QED) is 0.663. The summed E-state index contributed by atoms with van der Waals surface area (Å²) < 4.78 is 27.9. The average molecular weight is 269 g/mol. The number of aliphatic imine (C=N–C) groups is 2. The molecule has 0 spiro atoms. The van der Waals surface area contributed by atoms with Crippen LogP contribution in [0.25, 0.3) is 0 Å². The molecule has 19 heavy (non-hydrogen) atoms. The van der Waals surface area contributed by atoms with Crippen LogP contribution in [0.15, 0.2) is 22.4 Å². The van der Waals surface area contributed by atoms with E-state index in [2.05, 4.69) is 27.1 Å². The Morgan fingerprint density at radius 1 is 1.53 bits per heavy atom. The van der Waals surface area contributed by atoms with E-state index >= 15 is 0 Å². The van der Waals surface area contributed by atoms with Gasteiger partial charge in [0.1, 0.15) is 0 Å². The third-order valence-electron chi connectivity index (χ3n) is 3.28. The molecule has 1 aliphatic rings. The van der Waals surface area contributed by atoms with E-state index in [1.165, 1.54) is 0 Å². The van der Waals surface area contributed by atoms with Crippen molar-refractivity contribution >= 4 is 18.4 Å². The van der Waals surface area contributed by atoms with Gasteiger partial charge in [-0.25, -0.2) is 13.8 Å². The van der Waals surface area contributed by atoms with Crippen molar-refractivity contribution in [3.63, 3.8) is 0 Å². The summed E-state index contributed by atoms with van der Waals surface area (Å²) in [5.41, 5.74) is 0.727. The first-order valence-corrected chi connectivity index (χ1v) is 6.16. The molecule has 0 amide bonds. The third-order valence-corrected chi connectivity index (χ3v) is 3.28. The van der Waals surface area contributed by atoms with E-state index in [1.807, 2.05) is 0 Å². The summed E-state index contributed by atoms with van der Waals surface area (Å²) in [5, 5.41) is 7.14. The molecule has 1 aromatic rings. The second-order valence-corrected chi connectivity index (χ2v) is 4.63. The molecule has 1 fully saturated rings. The summed E-state index contributed by atoms with van der Waals surface area (Å²) in [5.74, 6) is -2.12. The lowest BCUT2D eigenvalue weighted by Crippen LogP contribution is -2.26. The van der Waals surface area contributed by atoms with Crippen molar-refractivity contribution in [3.05, 3.63) is 12.4 Å². The first-order valence-electron chi connectivity index (χ1n) is 6.16. The molecule has 0 saturated heterocycles. The highest BCUT2D eigenvalue weighted by molar-refractivity contribution is 5.96. The Morgan fingerprint density at radius 2 is 2.21 bits per heavy atom. The van der Waals surface area contributed by atoms with E-state index < -0.39 is 5.92 Å². The fourth-order valence-corrected chi connectivity index (χ4v) is 2.19. The highest BCUT2D eigenvalue weighted by Gasteiger charge is 2.35. The van der Waals surface area contributed by atoms with Crippen LogP contribution in [-0.2, 0) is 0 Å². The molecular formula is C12H17F2N5. The van der Waals surface area contributed by atoms with Crippen molar-refractivity contribution in [2.45, 2.75) is 37.6 Å². The Morgan fingerprint density at radius 3 is 2.79 bits per heavy atom. The number of anilines is 1. The molecule has 7 heteroatoms. The van der Waals surface area contributed by atoms with Crippen LogP contribution in [0.3, 0.4) is 0 Å². The maximum atomic E-state index is 13.1. The maximum Gasteiger partial charge on any atom is 0.248 e. The topological polar surface area (TPSA) is 54.6 Å². The van der Waals surface area contributed by atoms with Gasteiger partial charge < -0.3 is 5.32 Å². The van der Waals surface area contributed by atoms with Crippen LogP contribution in [-0.4, -0.2) is 35.4 Å². The molecule has 1 saturated carbocycles.